The van der Waals surface area contributed by atoms with Crippen LogP contribution in [0, 0.1) is 0 Å². The molecule has 0 spiro atoms. The van der Waals surface area contributed by atoms with Gasteiger partial charge in [-0.3, -0.25) is 9.48 Å². The van der Waals surface area contributed by atoms with Crippen molar-refractivity contribution in [3.63, 3.8) is 0 Å². The van der Waals surface area contributed by atoms with Gasteiger partial charge in [0.1, 0.15) is 11.4 Å². The van der Waals surface area contributed by atoms with Crippen molar-refractivity contribution in [3.05, 3.63) is 42.1 Å². The summed E-state index contributed by atoms with van der Waals surface area (Å²) in [5.74, 6) is 0.522. The second-order valence-corrected chi connectivity index (χ2v) is 5.18. The molecule has 1 unspecified atom stereocenters. The number of amides is 1. The third kappa shape index (κ3) is 3.32. The summed E-state index contributed by atoms with van der Waals surface area (Å²) in [5, 5.41) is 16.8. The minimum Gasteiger partial charge on any atom is -0.454 e. The molecule has 1 saturated heterocycles. The molecule has 0 aliphatic carbocycles. The molecule has 7 heteroatoms. The van der Waals surface area contributed by atoms with Gasteiger partial charge in [0.05, 0.1) is 13.2 Å². The Morgan fingerprint density at radius 3 is 3.14 bits per heavy atom. The Bertz CT molecular complexity index is 600. The minimum absolute atomic E-state index is 0.154. The molecule has 2 aromatic heterocycles. The van der Waals surface area contributed by atoms with Crippen LogP contribution >= 0.6 is 0 Å². The van der Waals surface area contributed by atoms with E-state index in [9.17, 15) is 9.90 Å². The predicted octanol–water partition coefficient (Wildman–Crippen LogP) is 0.406. The van der Waals surface area contributed by atoms with Crippen molar-refractivity contribution < 1.29 is 19.1 Å². The molecule has 3 rings (SSSR count). The number of furan rings is 1. The van der Waals surface area contributed by atoms with E-state index in [1.165, 1.54) is 0 Å². The summed E-state index contributed by atoms with van der Waals surface area (Å²) < 4.78 is 12.3. The minimum atomic E-state index is -0.972. The van der Waals surface area contributed by atoms with Gasteiger partial charge in [-0.2, -0.15) is 5.10 Å². The van der Waals surface area contributed by atoms with Gasteiger partial charge in [0.15, 0.2) is 5.76 Å². The normalized spacial score (nSPS) is 21.6. The maximum atomic E-state index is 12.0. The molecule has 0 radical (unpaired) electrons. The summed E-state index contributed by atoms with van der Waals surface area (Å²) in [6.45, 7) is 1.39. The first-order valence-corrected chi connectivity index (χ1v) is 6.79. The molecular weight excluding hydrogens is 274 g/mol. The second kappa shape index (κ2) is 5.71. The fourth-order valence-electron chi connectivity index (χ4n) is 2.21. The maximum Gasteiger partial charge on any atom is 0.287 e. The summed E-state index contributed by atoms with van der Waals surface area (Å²) in [4.78, 5) is 12.0. The number of carbonyl (C=O) groups excluding carboxylic acids is 1. The van der Waals surface area contributed by atoms with Crippen LogP contribution in [0.25, 0.3) is 0 Å². The summed E-state index contributed by atoms with van der Waals surface area (Å²) >= 11 is 0. The topological polar surface area (TPSA) is 89.5 Å². The van der Waals surface area contributed by atoms with Crippen LogP contribution in [-0.4, -0.2) is 46.2 Å². The van der Waals surface area contributed by atoms with E-state index in [-0.39, 0.29) is 24.8 Å². The summed E-state index contributed by atoms with van der Waals surface area (Å²) in [7, 11) is 0. The van der Waals surface area contributed by atoms with Crippen LogP contribution in [0.15, 0.2) is 35.0 Å². The average Bonchev–Trinajstić information content (AvgIpc) is 3.19. The molecule has 1 fully saturated rings. The molecule has 1 atom stereocenters. The van der Waals surface area contributed by atoms with Crippen molar-refractivity contribution in [2.75, 3.05) is 19.8 Å². The van der Waals surface area contributed by atoms with Crippen molar-refractivity contribution in [2.45, 2.75) is 18.6 Å². The number of hydrogen-bond donors (Lipinski definition) is 2. The third-order valence-corrected chi connectivity index (χ3v) is 3.42. The zero-order valence-corrected chi connectivity index (χ0v) is 11.5. The first kappa shape index (κ1) is 13.8. The highest BCUT2D eigenvalue weighted by molar-refractivity contribution is 5.91. The third-order valence-electron chi connectivity index (χ3n) is 3.42. The molecule has 2 aromatic rings. The van der Waals surface area contributed by atoms with E-state index < -0.39 is 5.60 Å². The van der Waals surface area contributed by atoms with Crippen molar-refractivity contribution in [1.29, 1.82) is 0 Å². The van der Waals surface area contributed by atoms with Crippen LogP contribution in [0.1, 0.15) is 22.7 Å². The van der Waals surface area contributed by atoms with Crippen molar-refractivity contribution in [2.24, 2.45) is 0 Å². The summed E-state index contributed by atoms with van der Waals surface area (Å²) in [6.07, 6.45) is 4.02. The Labute approximate surface area is 121 Å². The molecule has 3 heterocycles. The molecule has 1 amide bonds. The van der Waals surface area contributed by atoms with E-state index in [1.807, 2.05) is 12.3 Å². The molecule has 2 N–H and O–H groups in total. The molecule has 1 aliphatic rings. The van der Waals surface area contributed by atoms with Crippen LogP contribution in [0.5, 0.6) is 0 Å². The summed E-state index contributed by atoms with van der Waals surface area (Å²) in [6, 6.07) is 5.17. The molecule has 112 valence electrons. The summed E-state index contributed by atoms with van der Waals surface area (Å²) in [5.41, 5.74) is -0.972. The number of nitrogens with one attached hydrogen (secondary N) is 1. The molecule has 0 aromatic carbocycles. The van der Waals surface area contributed by atoms with E-state index in [0.717, 1.165) is 0 Å². The lowest BCUT2D eigenvalue weighted by Gasteiger charge is -2.20. The zero-order valence-electron chi connectivity index (χ0n) is 11.5. The Morgan fingerprint density at radius 2 is 2.43 bits per heavy atom. The smallest absolute Gasteiger partial charge is 0.287 e. The highest BCUT2D eigenvalue weighted by Gasteiger charge is 2.32. The molecule has 1 aliphatic heterocycles. The SMILES string of the molecule is O=C(NCC1(O)CCOC1)c1ccc(Cn2cccn2)o1. The standard InChI is InChI=1S/C14H17N3O4/c18-13(15-9-14(19)4-7-20-10-14)12-3-2-11(21-12)8-17-6-1-5-16-17/h1-3,5-6,19H,4,7-10H2,(H,15,18). The average molecular weight is 291 g/mol. The lowest BCUT2D eigenvalue weighted by Crippen LogP contribution is -2.43. The van der Waals surface area contributed by atoms with Gasteiger partial charge in [-0.1, -0.05) is 0 Å². The quantitative estimate of drug-likeness (QED) is 0.832. The van der Waals surface area contributed by atoms with Crippen molar-refractivity contribution in [1.82, 2.24) is 15.1 Å². The van der Waals surface area contributed by atoms with Gasteiger partial charge >= 0.3 is 0 Å². The highest BCUT2D eigenvalue weighted by Crippen LogP contribution is 2.17. The lowest BCUT2D eigenvalue weighted by atomic mass is 10.0. The Kier molecular flexibility index (Phi) is 3.76. The monoisotopic (exact) mass is 291 g/mol. The Morgan fingerprint density at radius 1 is 1.52 bits per heavy atom. The number of nitrogens with zero attached hydrogens (tertiary/aromatic N) is 2. The van der Waals surface area contributed by atoms with Crippen LogP contribution in [0.2, 0.25) is 0 Å². The van der Waals surface area contributed by atoms with E-state index in [0.29, 0.717) is 25.3 Å². The van der Waals surface area contributed by atoms with Gasteiger partial charge in [0, 0.05) is 32.0 Å². The van der Waals surface area contributed by atoms with Gasteiger partial charge in [-0.05, 0) is 18.2 Å². The first-order valence-electron chi connectivity index (χ1n) is 6.79. The van der Waals surface area contributed by atoms with Gasteiger partial charge < -0.3 is 19.6 Å². The molecule has 7 nitrogen and oxygen atoms in total. The Hall–Kier alpha value is -2.12. The van der Waals surface area contributed by atoms with Gasteiger partial charge in [-0.15, -0.1) is 0 Å². The van der Waals surface area contributed by atoms with Crippen LogP contribution in [0.3, 0.4) is 0 Å². The molecule has 0 saturated carbocycles. The second-order valence-electron chi connectivity index (χ2n) is 5.18. The fraction of sp³-hybridized carbons (Fsp3) is 0.429. The fourth-order valence-corrected chi connectivity index (χ4v) is 2.21. The number of rotatable bonds is 5. The van der Waals surface area contributed by atoms with Gasteiger partial charge in [-0.25, -0.2) is 0 Å². The number of aliphatic hydroxyl groups is 1. The number of hydrogen-bond acceptors (Lipinski definition) is 5. The molecular formula is C14H17N3O4. The van der Waals surface area contributed by atoms with E-state index in [1.54, 1.807) is 23.0 Å². The van der Waals surface area contributed by atoms with Crippen LogP contribution < -0.4 is 5.32 Å². The number of aromatic nitrogens is 2. The van der Waals surface area contributed by atoms with E-state index in [2.05, 4.69) is 10.4 Å². The first-order chi connectivity index (χ1) is 10.1. The van der Waals surface area contributed by atoms with Gasteiger partial charge in [0.25, 0.3) is 5.91 Å². The number of ether oxygens (including phenoxy) is 1. The largest absolute Gasteiger partial charge is 0.454 e. The van der Waals surface area contributed by atoms with Crippen molar-refractivity contribution in [3.8, 4) is 0 Å². The zero-order chi connectivity index (χ0) is 14.7. The number of carbonyl (C=O) groups is 1. The van der Waals surface area contributed by atoms with Gasteiger partial charge in [0.2, 0.25) is 0 Å². The van der Waals surface area contributed by atoms with Crippen LogP contribution in [0.4, 0.5) is 0 Å². The van der Waals surface area contributed by atoms with E-state index >= 15 is 0 Å². The van der Waals surface area contributed by atoms with E-state index in [4.69, 9.17) is 9.15 Å². The Balaban J connectivity index is 1.56. The van der Waals surface area contributed by atoms with Crippen molar-refractivity contribution >= 4 is 5.91 Å². The molecule has 0 bridgehead atoms. The molecule has 21 heavy (non-hydrogen) atoms. The maximum absolute atomic E-state index is 12.0. The lowest BCUT2D eigenvalue weighted by molar-refractivity contribution is 0.0261. The van der Waals surface area contributed by atoms with Crippen LogP contribution in [-0.2, 0) is 11.3 Å². The highest BCUT2D eigenvalue weighted by atomic mass is 16.5. The predicted molar refractivity (Wildman–Crippen MR) is 72.8 cm³/mol.